The fraction of sp³-hybridized carbons (Fsp3) is 0.750. The van der Waals surface area contributed by atoms with Crippen LogP contribution in [0.15, 0.2) is 0 Å². The Labute approximate surface area is 48.2 Å². The topological polar surface area (TPSA) is 52.3 Å². The first-order valence-electron chi connectivity index (χ1n) is 1.69. The summed E-state index contributed by atoms with van der Waals surface area (Å²) in [4.78, 5) is 9.60. The standard InChI is InChI=1S/C3H7NO2.CH4.FH/c1-2-6-3(4)5;;/h2H2,1H3,(H2,4,5);1H4;1H. The average Bonchev–Trinajstić information content (AvgIpc) is 1.35. The van der Waals surface area contributed by atoms with E-state index < -0.39 is 6.09 Å². The van der Waals surface area contributed by atoms with E-state index >= 15 is 0 Å². The lowest BCUT2D eigenvalue weighted by Gasteiger charge is -1.89. The normalized spacial score (nSPS) is 5.62. The number of hydrogen-bond donors (Lipinski definition) is 1. The van der Waals surface area contributed by atoms with Crippen LogP contribution in [0, 0.1) is 0 Å². The molecule has 0 fully saturated rings. The van der Waals surface area contributed by atoms with Crippen LogP contribution in [0.2, 0.25) is 0 Å². The first-order valence-corrected chi connectivity index (χ1v) is 1.69. The van der Waals surface area contributed by atoms with Gasteiger partial charge in [0.05, 0.1) is 6.61 Å². The summed E-state index contributed by atoms with van der Waals surface area (Å²) in [6.07, 6.45) is -0.711. The zero-order valence-corrected chi connectivity index (χ0v) is 4.01. The summed E-state index contributed by atoms with van der Waals surface area (Å²) >= 11 is 0. The Morgan fingerprint density at radius 1 is 1.75 bits per heavy atom. The lowest BCUT2D eigenvalue weighted by molar-refractivity contribution is 0.163. The molecule has 1 amide bonds. The average molecular weight is 125 g/mol. The maximum atomic E-state index is 9.60. The first-order chi connectivity index (χ1) is 2.77. The Morgan fingerprint density at radius 3 is 2.12 bits per heavy atom. The van der Waals surface area contributed by atoms with E-state index in [9.17, 15) is 4.79 Å². The maximum Gasteiger partial charge on any atom is 0.404 e. The molecule has 0 spiro atoms. The van der Waals surface area contributed by atoms with Crippen LogP contribution in [0.5, 0.6) is 0 Å². The minimum atomic E-state index is -0.711. The fourth-order valence-electron chi connectivity index (χ4n) is 0.142. The Morgan fingerprint density at radius 2 is 2.12 bits per heavy atom. The second-order valence-electron chi connectivity index (χ2n) is 0.752. The molecule has 0 aromatic rings. The molecule has 0 aliphatic heterocycles. The van der Waals surface area contributed by atoms with Gasteiger partial charge in [0.1, 0.15) is 0 Å². The zero-order valence-electron chi connectivity index (χ0n) is 4.01. The Balaban J connectivity index is -0.000000125. The predicted molar refractivity (Wildman–Crippen MR) is 30.4 cm³/mol. The van der Waals surface area contributed by atoms with E-state index in [2.05, 4.69) is 10.5 Å². The summed E-state index contributed by atoms with van der Waals surface area (Å²) in [7, 11) is 0. The molecule has 0 saturated heterocycles. The highest BCUT2D eigenvalue weighted by Crippen LogP contribution is 1.66. The van der Waals surface area contributed by atoms with Crippen molar-refractivity contribution >= 4 is 6.09 Å². The molecular formula is C4H12FNO2. The van der Waals surface area contributed by atoms with Gasteiger partial charge in [-0.2, -0.15) is 0 Å². The SMILES string of the molecule is C.CCOC(N)=O.F. The molecule has 4 heteroatoms. The molecule has 52 valence electrons. The number of hydrogen-bond acceptors (Lipinski definition) is 2. The van der Waals surface area contributed by atoms with Crippen molar-refractivity contribution < 1.29 is 14.2 Å². The molecule has 0 radical (unpaired) electrons. The molecule has 0 aliphatic carbocycles. The van der Waals surface area contributed by atoms with E-state index in [0.29, 0.717) is 6.61 Å². The van der Waals surface area contributed by atoms with E-state index in [1.165, 1.54) is 0 Å². The lowest BCUT2D eigenvalue weighted by Crippen LogP contribution is -2.11. The molecule has 0 saturated carbocycles. The number of nitrogens with two attached hydrogens (primary N) is 1. The van der Waals surface area contributed by atoms with E-state index in [1.807, 2.05) is 0 Å². The number of ether oxygens (including phenoxy) is 1. The van der Waals surface area contributed by atoms with Gasteiger partial charge in [0.2, 0.25) is 0 Å². The summed E-state index contributed by atoms with van der Waals surface area (Å²) in [5.41, 5.74) is 4.54. The molecule has 0 rings (SSSR count). The van der Waals surface area contributed by atoms with Gasteiger partial charge in [0, 0.05) is 0 Å². The van der Waals surface area contributed by atoms with Crippen LogP contribution >= 0.6 is 0 Å². The van der Waals surface area contributed by atoms with Crippen molar-refractivity contribution in [3.8, 4) is 0 Å². The van der Waals surface area contributed by atoms with Crippen LogP contribution in [0.4, 0.5) is 9.50 Å². The van der Waals surface area contributed by atoms with Gasteiger partial charge in [0.25, 0.3) is 0 Å². The van der Waals surface area contributed by atoms with Crippen LogP contribution in [-0.2, 0) is 4.74 Å². The highest BCUT2D eigenvalue weighted by atomic mass is 19.0. The Hall–Kier alpha value is -0.800. The molecule has 0 unspecified atom stereocenters. The van der Waals surface area contributed by atoms with Crippen molar-refractivity contribution in [2.45, 2.75) is 14.4 Å². The molecule has 2 N–H and O–H groups in total. The number of rotatable bonds is 1. The Kier molecular flexibility index (Phi) is 18.6. The van der Waals surface area contributed by atoms with Gasteiger partial charge in [-0.25, -0.2) is 4.79 Å². The third-order valence-corrected chi connectivity index (χ3v) is 0.287. The number of halogens is 1. The second-order valence-corrected chi connectivity index (χ2v) is 0.752. The third-order valence-electron chi connectivity index (χ3n) is 0.287. The monoisotopic (exact) mass is 125 g/mol. The number of amides is 1. The number of carbonyl (C=O) groups is 1. The molecule has 3 nitrogen and oxygen atoms in total. The summed E-state index contributed by atoms with van der Waals surface area (Å²) in [6.45, 7) is 2.06. The van der Waals surface area contributed by atoms with Crippen LogP contribution in [0.1, 0.15) is 14.4 Å². The highest BCUT2D eigenvalue weighted by Gasteiger charge is 1.82. The molecule has 0 heterocycles. The van der Waals surface area contributed by atoms with Gasteiger partial charge in [0.15, 0.2) is 0 Å². The molecule has 0 bridgehead atoms. The number of primary amides is 1. The summed E-state index contributed by atoms with van der Waals surface area (Å²) in [5, 5.41) is 0. The van der Waals surface area contributed by atoms with Crippen LogP contribution in [0.3, 0.4) is 0 Å². The largest absolute Gasteiger partial charge is 0.450 e. The first kappa shape index (κ1) is 15.7. The second kappa shape index (κ2) is 9.50. The van der Waals surface area contributed by atoms with Crippen molar-refractivity contribution in [2.75, 3.05) is 6.61 Å². The van der Waals surface area contributed by atoms with Crippen molar-refractivity contribution in [3.05, 3.63) is 0 Å². The van der Waals surface area contributed by atoms with E-state index in [0.717, 1.165) is 0 Å². The molecule has 0 aromatic carbocycles. The van der Waals surface area contributed by atoms with E-state index in [1.54, 1.807) is 6.92 Å². The van der Waals surface area contributed by atoms with Crippen molar-refractivity contribution in [1.82, 2.24) is 0 Å². The van der Waals surface area contributed by atoms with Crippen LogP contribution in [0.25, 0.3) is 0 Å². The predicted octanol–water partition coefficient (Wildman–Crippen LogP) is 0.890. The van der Waals surface area contributed by atoms with Crippen molar-refractivity contribution in [3.63, 3.8) is 0 Å². The Bertz CT molecular complexity index is 58.0. The van der Waals surface area contributed by atoms with E-state index in [-0.39, 0.29) is 12.1 Å². The smallest absolute Gasteiger partial charge is 0.404 e. The minimum Gasteiger partial charge on any atom is -0.450 e. The van der Waals surface area contributed by atoms with Gasteiger partial charge in [-0.1, -0.05) is 7.43 Å². The summed E-state index contributed by atoms with van der Waals surface area (Å²) in [5.74, 6) is 0. The molecule has 8 heavy (non-hydrogen) atoms. The molecule has 0 aliphatic rings. The summed E-state index contributed by atoms with van der Waals surface area (Å²) in [6, 6.07) is 0. The summed E-state index contributed by atoms with van der Waals surface area (Å²) < 4.78 is 4.18. The van der Waals surface area contributed by atoms with Crippen molar-refractivity contribution in [2.24, 2.45) is 5.73 Å². The number of carbonyl (C=O) groups excluding carboxylic acids is 1. The van der Waals surface area contributed by atoms with Crippen molar-refractivity contribution in [1.29, 1.82) is 0 Å². The van der Waals surface area contributed by atoms with E-state index in [4.69, 9.17) is 0 Å². The molecule has 0 aromatic heterocycles. The molecule has 0 atom stereocenters. The quantitative estimate of drug-likeness (QED) is 0.565. The molecular weight excluding hydrogens is 113 g/mol. The van der Waals surface area contributed by atoms with Gasteiger partial charge < -0.3 is 10.5 Å². The highest BCUT2D eigenvalue weighted by molar-refractivity contribution is 5.64. The maximum absolute atomic E-state index is 9.60. The van der Waals surface area contributed by atoms with Gasteiger partial charge in [-0.05, 0) is 6.92 Å². The minimum absolute atomic E-state index is 0. The lowest BCUT2D eigenvalue weighted by atomic mass is 10.9. The zero-order chi connectivity index (χ0) is 4.99. The fourth-order valence-corrected chi connectivity index (χ4v) is 0.142. The third kappa shape index (κ3) is 19.0. The van der Waals surface area contributed by atoms with Gasteiger partial charge >= 0.3 is 6.09 Å². The van der Waals surface area contributed by atoms with Gasteiger partial charge in [-0.15, -0.1) is 0 Å². The van der Waals surface area contributed by atoms with Crippen LogP contribution in [-0.4, -0.2) is 12.7 Å². The van der Waals surface area contributed by atoms with Gasteiger partial charge in [-0.3, -0.25) is 4.70 Å². The van der Waals surface area contributed by atoms with Crippen LogP contribution < -0.4 is 5.73 Å².